The van der Waals surface area contributed by atoms with Crippen molar-refractivity contribution in [3.63, 3.8) is 0 Å². The van der Waals surface area contributed by atoms with Crippen LogP contribution >= 0.6 is 0 Å². The van der Waals surface area contributed by atoms with Gasteiger partial charge in [0.05, 0.1) is 18.8 Å². The first-order valence-corrected chi connectivity index (χ1v) is 9.98. The van der Waals surface area contributed by atoms with Gasteiger partial charge in [-0.2, -0.15) is 4.31 Å². The second kappa shape index (κ2) is 7.66. The molecular weight excluding hydrogens is 324 g/mol. The Morgan fingerprint density at radius 1 is 1.17 bits per heavy atom. The molecule has 1 rings (SSSR count). The first-order valence-electron chi connectivity index (χ1n) is 8.13. The number of nitrogens with one attached hydrogen (secondary N) is 1. The van der Waals surface area contributed by atoms with Gasteiger partial charge in [-0.1, -0.05) is 58.9 Å². The van der Waals surface area contributed by atoms with E-state index in [0.29, 0.717) is 0 Å². The van der Waals surface area contributed by atoms with E-state index in [1.807, 2.05) is 26.0 Å². The molecule has 0 spiro atoms. The van der Waals surface area contributed by atoms with Gasteiger partial charge in [0.2, 0.25) is 15.9 Å². The van der Waals surface area contributed by atoms with Crippen molar-refractivity contribution in [1.82, 2.24) is 9.62 Å². The lowest BCUT2D eigenvalue weighted by Crippen LogP contribution is -2.40. The number of hydrogen-bond donors (Lipinski definition) is 1. The van der Waals surface area contributed by atoms with Crippen molar-refractivity contribution in [2.75, 3.05) is 19.8 Å². The summed E-state index contributed by atoms with van der Waals surface area (Å²) in [6, 6.07) is 8.08. The summed E-state index contributed by atoms with van der Waals surface area (Å²) < 4.78 is 23.9. The van der Waals surface area contributed by atoms with E-state index in [1.54, 1.807) is 0 Å². The Kier molecular flexibility index (Phi) is 6.59. The molecule has 136 valence electrons. The van der Waals surface area contributed by atoms with E-state index < -0.39 is 10.0 Å². The zero-order chi connectivity index (χ0) is 18.7. The molecule has 0 unspecified atom stereocenters. The standard InChI is InChI=1S/C18H30N2O3S/c1-13(2)17(19-16(21)12-20(6)24(7,22)23)14-8-10-15(11-9-14)18(3,4)5/h8-11,13,17H,12H2,1-7H3,(H,19,21)/t17-/m0/s1. The summed E-state index contributed by atoms with van der Waals surface area (Å²) >= 11 is 0. The highest BCUT2D eigenvalue weighted by atomic mass is 32.2. The normalized spacial score (nSPS) is 14.0. The summed E-state index contributed by atoms with van der Waals surface area (Å²) in [6.07, 6.45) is 1.09. The van der Waals surface area contributed by atoms with E-state index in [2.05, 4.69) is 38.2 Å². The maximum Gasteiger partial charge on any atom is 0.235 e. The molecular formula is C18H30N2O3S. The van der Waals surface area contributed by atoms with Gasteiger partial charge in [0.15, 0.2) is 0 Å². The van der Waals surface area contributed by atoms with Crippen LogP contribution in [0.3, 0.4) is 0 Å². The third-order valence-corrected chi connectivity index (χ3v) is 5.31. The molecule has 1 aromatic carbocycles. The summed E-state index contributed by atoms with van der Waals surface area (Å²) in [5.41, 5.74) is 2.33. The molecule has 1 atom stereocenters. The fraction of sp³-hybridized carbons (Fsp3) is 0.611. The highest BCUT2D eigenvalue weighted by Gasteiger charge is 2.22. The van der Waals surface area contributed by atoms with Crippen molar-refractivity contribution in [2.45, 2.75) is 46.1 Å². The van der Waals surface area contributed by atoms with E-state index in [4.69, 9.17) is 0 Å². The van der Waals surface area contributed by atoms with E-state index in [1.165, 1.54) is 12.6 Å². The minimum atomic E-state index is -3.37. The van der Waals surface area contributed by atoms with Crippen LogP contribution < -0.4 is 5.32 Å². The van der Waals surface area contributed by atoms with E-state index in [0.717, 1.165) is 16.1 Å². The monoisotopic (exact) mass is 354 g/mol. The molecule has 0 saturated carbocycles. The maximum absolute atomic E-state index is 12.2. The van der Waals surface area contributed by atoms with Crippen LogP contribution in [0.1, 0.15) is 51.8 Å². The summed E-state index contributed by atoms with van der Waals surface area (Å²) in [5.74, 6) is -0.112. The Balaban J connectivity index is 2.90. The molecule has 0 aliphatic heterocycles. The van der Waals surface area contributed by atoms with Crippen LogP contribution in [0.15, 0.2) is 24.3 Å². The van der Waals surface area contributed by atoms with Gasteiger partial charge < -0.3 is 5.32 Å². The van der Waals surface area contributed by atoms with Crippen molar-refractivity contribution in [3.05, 3.63) is 35.4 Å². The second-order valence-electron chi connectivity index (χ2n) is 7.68. The molecule has 0 heterocycles. The van der Waals surface area contributed by atoms with Gasteiger partial charge >= 0.3 is 0 Å². The Morgan fingerprint density at radius 3 is 2.04 bits per heavy atom. The van der Waals surface area contributed by atoms with Crippen molar-refractivity contribution in [2.24, 2.45) is 5.92 Å². The number of carbonyl (C=O) groups is 1. The zero-order valence-electron chi connectivity index (χ0n) is 15.8. The van der Waals surface area contributed by atoms with Crippen LogP contribution in [0.25, 0.3) is 0 Å². The molecule has 0 radical (unpaired) electrons. The van der Waals surface area contributed by atoms with Gasteiger partial charge in [-0.25, -0.2) is 8.42 Å². The largest absolute Gasteiger partial charge is 0.348 e. The minimum Gasteiger partial charge on any atom is -0.348 e. The van der Waals surface area contributed by atoms with Crippen LogP contribution in [0.4, 0.5) is 0 Å². The van der Waals surface area contributed by atoms with Crippen molar-refractivity contribution < 1.29 is 13.2 Å². The number of sulfonamides is 1. The van der Waals surface area contributed by atoms with Crippen molar-refractivity contribution in [1.29, 1.82) is 0 Å². The first kappa shape index (κ1) is 20.6. The van der Waals surface area contributed by atoms with Crippen LogP contribution in [0, 0.1) is 5.92 Å². The molecule has 0 aromatic heterocycles. The molecule has 1 aromatic rings. The Labute approximate surface area is 146 Å². The molecule has 0 aliphatic carbocycles. The summed E-state index contributed by atoms with van der Waals surface area (Å²) in [6.45, 7) is 10.4. The smallest absolute Gasteiger partial charge is 0.235 e. The van der Waals surface area contributed by atoms with Gasteiger partial charge in [0, 0.05) is 7.05 Å². The molecule has 5 nitrogen and oxygen atoms in total. The molecule has 0 aliphatic rings. The molecule has 6 heteroatoms. The van der Waals surface area contributed by atoms with Gasteiger partial charge in [-0.05, 0) is 22.5 Å². The molecule has 24 heavy (non-hydrogen) atoms. The van der Waals surface area contributed by atoms with Gasteiger partial charge in [0.1, 0.15) is 0 Å². The number of carbonyl (C=O) groups excluding carboxylic acids is 1. The number of benzene rings is 1. The maximum atomic E-state index is 12.2. The second-order valence-corrected chi connectivity index (χ2v) is 9.77. The van der Waals surface area contributed by atoms with Crippen LogP contribution in [0.5, 0.6) is 0 Å². The van der Waals surface area contributed by atoms with E-state index >= 15 is 0 Å². The van der Waals surface area contributed by atoms with E-state index in [-0.39, 0.29) is 29.8 Å². The molecule has 0 fully saturated rings. The average Bonchev–Trinajstić information content (AvgIpc) is 2.42. The van der Waals surface area contributed by atoms with Gasteiger partial charge in [0.25, 0.3) is 0 Å². The Hall–Kier alpha value is -1.40. The SMILES string of the molecule is CC(C)[C@H](NC(=O)CN(C)S(C)(=O)=O)c1ccc(C(C)(C)C)cc1. The topological polar surface area (TPSA) is 66.5 Å². The van der Waals surface area contributed by atoms with Crippen LogP contribution in [0.2, 0.25) is 0 Å². The molecule has 0 saturated heterocycles. The molecule has 1 amide bonds. The summed E-state index contributed by atoms with van der Waals surface area (Å²) in [5, 5.41) is 2.95. The Morgan fingerprint density at radius 2 is 1.67 bits per heavy atom. The summed E-state index contributed by atoms with van der Waals surface area (Å²) in [7, 11) is -1.97. The Bertz CT molecular complexity index is 658. The predicted octanol–water partition coefficient (Wildman–Crippen LogP) is 2.69. The lowest BCUT2D eigenvalue weighted by Gasteiger charge is -2.25. The first-order chi connectivity index (χ1) is 10.8. The minimum absolute atomic E-state index is 0.0767. The van der Waals surface area contributed by atoms with Crippen LogP contribution in [-0.2, 0) is 20.2 Å². The highest BCUT2D eigenvalue weighted by Crippen LogP contribution is 2.26. The predicted molar refractivity (Wildman–Crippen MR) is 98.3 cm³/mol. The summed E-state index contributed by atoms with van der Waals surface area (Å²) in [4.78, 5) is 12.2. The number of nitrogens with zero attached hydrogens (tertiary/aromatic N) is 1. The quantitative estimate of drug-likeness (QED) is 0.854. The number of likely N-dealkylation sites (N-methyl/N-ethyl adjacent to an activating group) is 1. The molecule has 0 bridgehead atoms. The van der Waals surface area contributed by atoms with Gasteiger partial charge in [-0.3, -0.25) is 4.79 Å². The third kappa shape index (κ3) is 5.91. The number of amides is 1. The van der Waals surface area contributed by atoms with Crippen molar-refractivity contribution >= 4 is 15.9 Å². The van der Waals surface area contributed by atoms with Gasteiger partial charge in [-0.15, -0.1) is 0 Å². The lowest BCUT2D eigenvalue weighted by atomic mass is 9.85. The van der Waals surface area contributed by atoms with Crippen molar-refractivity contribution in [3.8, 4) is 0 Å². The number of hydrogen-bond acceptors (Lipinski definition) is 3. The highest BCUT2D eigenvalue weighted by molar-refractivity contribution is 7.88. The third-order valence-electron chi connectivity index (χ3n) is 4.05. The lowest BCUT2D eigenvalue weighted by molar-refractivity contribution is -0.122. The molecule has 1 N–H and O–H groups in total. The fourth-order valence-corrected chi connectivity index (χ4v) is 2.72. The number of rotatable bonds is 6. The zero-order valence-corrected chi connectivity index (χ0v) is 16.6. The van der Waals surface area contributed by atoms with Crippen LogP contribution in [-0.4, -0.2) is 38.5 Å². The average molecular weight is 355 g/mol. The van der Waals surface area contributed by atoms with E-state index in [9.17, 15) is 13.2 Å². The fourth-order valence-electron chi connectivity index (χ4n) is 2.36.